The number of carbonyl (C=O) groups excluding carboxylic acids is 1. The topological polar surface area (TPSA) is 75.7 Å². The highest BCUT2D eigenvalue weighted by Gasteiger charge is 2.38. The van der Waals surface area contributed by atoms with E-state index in [1.165, 1.54) is 16.4 Å². The van der Waals surface area contributed by atoms with Crippen molar-refractivity contribution in [1.82, 2.24) is 9.62 Å². The summed E-state index contributed by atoms with van der Waals surface area (Å²) in [6.07, 6.45) is 1.94. The first-order valence-corrected chi connectivity index (χ1v) is 12.7. The van der Waals surface area contributed by atoms with Gasteiger partial charge in [-0.25, -0.2) is 8.42 Å². The normalized spacial score (nSPS) is 23.1. The summed E-state index contributed by atoms with van der Waals surface area (Å²) >= 11 is 5.90. The first kappa shape index (κ1) is 23.1. The molecule has 0 spiro atoms. The van der Waals surface area contributed by atoms with Gasteiger partial charge in [0.05, 0.1) is 16.9 Å². The summed E-state index contributed by atoms with van der Waals surface area (Å²) in [6, 6.07) is 12.0. The van der Waals surface area contributed by atoms with Gasteiger partial charge in [0.1, 0.15) is 11.4 Å². The molecule has 1 saturated heterocycles. The van der Waals surface area contributed by atoms with Crippen LogP contribution in [0.5, 0.6) is 5.75 Å². The minimum Gasteiger partial charge on any atom is -0.487 e. The summed E-state index contributed by atoms with van der Waals surface area (Å²) < 4.78 is 33.7. The third kappa shape index (κ3) is 4.80. The molecule has 32 heavy (non-hydrogen) atoms. The van der Waals surface area contributed by atoms with E-state index in [1.807, 2.05) is 39.0 Å². The second-order valence-corrected chi connectivity index (χ2v) is 11.7. The Balaban J connectivity index is 1.50. The fourth-order valence-corrected chi connectivity index (χ4v) is 6.16. The molecule has 172 valence electrons. The predicted octanol–water partition coefficient (Wildman–Crippen LogP) is 4.47. The van der Waals surface area contributed by atoms with Crippen LogP contribution in [0.15, 0.2) is 47.4 Å². The molecule has 0 bridgehead atoms. The van der Waals surface area contributed by atoms with Crippen molar-refractivity contribution in [3.8, 4) is 5.75 Å². The zero-order chi connectivity index (χ0) is 23.1. The van der Waals surface area contributed by atoms with Crippen molar-refractivity contribution >= 4 is 27.5 Å². The van der Waals surface area contributed by atoms with E-state index in [0.717, 1.165) is 16.9 Å². The number of halogens is 1. The maximum atomic E-state index is 13.2. The highest BCUT2D eigenvalue weighted by molar-refractivity contribution is 7.89. The van der Waals surface area contributed by atoms with Gasteiger partial charge in [0.25, 0.3) is 0 Å². The number of hydrogen-bond acceptors (Lipinski definition) is 4. The van der Waals surface area contributed by atoms with Gasteiger partial charge < -0.3 is 10.1 Å². The van der Waals surface area contributed by atoms with Gasteiger partial charge in [-0.3, -0.25) is 4.79 Å². The van der Waals surface area contributed by atoms with Gasteiger partial charge in [0.15, 0.2) is 0 Å². The lowest BCUT2D eigenvalue weighted by molar-refractivity contribution is -0.127. The molecule has 0 radical (unpaired) electrons. The third-order valence-electron chi connectivity index (χ3n) is 6.15. The zero-order valence-corrected chi connectivity index (χ0v) is 20.2. The molecular weight excluding hydrogens is 448 g/mol. The Kier molecular flexibility index (Phi) is 6.27. The van der Waals surface area contributed by atoms with Crippen molar-refractivity contribution in [2.75, 3.05) is 13.1 Å². The van der Waals surface area contributed by atoms with E-state index in [2.05, 4.69) is 5.32 Å². The first-order valence-electron chi connectivity index (χ1n) is 10.9. The van der Waals surface area contributed by atoms with Gasteiger partial charge in [-0.15, -0.1) is 0 Å². The van der Waals surface area contributed by atoms with E-state index in [9.17, 15) is 13.2 Å². The standard InChI is InChI=1S/C24H29ClN2O4S/c1-16-6-11-20-21(14-24(2,3)31-22(20)13-16)26-23(28)17-5-4-12-27(15-17)32(29,30)19-9-7-18(25)8-10-19/h6-11,13,17,21H,4-5,12,14-15H2,1-3H3,(H,26,28)/t17-,21-/m0/s1. The van der Waals surface area contributed by atoms with Crippen LogP contribution >= 0.6 is 11.6 Å². The van der Waals surface area contributed by atoms with Gasteiger partial charge >= 0.3 is 0 Å². The number of sulfonamides is 1. The minimum atomic E-state index is -3.68. The number of piperidine rings is 1. The number of hydrogen-bond donors (Lipinski definition) is 1. The van der Waals surface area contributed by atoms with Crippen LogP contribution in [0.25, 0.3) is 0 Å². The summed E-state index contributed by atoms with van der Waals surface area (Å²) in [5.74, 6) is 0.281. The maximum absolute atomic E-state index is 13.2. The molecule has 0 aliphatic carbocycles. The number of aryl methyl sites for hydroxylation is 1. The number of nitrogens with zero attached hydrogens (tertiary/aromatic N) is 1. The number of ether oxygens (including phenoxy) is 1. The molecule has 0 aromatic heterocycles. The molecule has 2 aromatic carbocycles. The maximum Gasteiger partial charge on any atom is 0.243 e. The lowest BCUT2D eigenvalue weighted by Gasteiger charge is -2.39. The van der Waals surface area contributed by atoms with E-state index in [0.29, 0.717) is 30.8 Å². The van der Waals surface area contributed by atoms with Gasteiger partial charge in [0.2, 0.25) is 15.9 Å². The number of carbonyl (C=O) groups is 1. The monoisotopic (exact) mass is 476 g/mol. The van der Waals surface area contributed by atoms with Crippen LogP contribution in [0.1, 0.15) is 50.3 Å². The molecule has 6 nitrogen and oxygen atoms in total. The Morgan fingerprint density at radius 3 is 2.62 bits per heavy atom. The molecule has 0 saturated carbocycles. The molecule has 2 atom stereocenters. The molecule has 1 amide bonds. The van der Waals surface area contributed by atoms with Crippen molar-refractivity contribution in [2.45, 2.75) is 56.6 Å². The second-order valence-electron chi connectivity index (χ2n) is 9.32. The van der Waals surface area contributed by atoms with Crippen molar-refractivity contribution in [2.24, 2.45) is 5.92 Å². The summed E-state index contributed by atoms with van der Waals surface area (Å²) in [6.45, 7) is 6.61. The Labute approximate surface area is 195 Å². The molecule has 1 fully saturated rings. The van der Waals surface area contributed by atoms with E-state index < -0.39 is 21.5 Å². The number of rotatable bonds is 4. The molecule has 8 heteroatoms. The SMILES string of the molecule is Cc1ccc2c(c1)OC(C)(C)C[C@@H]2NC(=O)[C@H]1CCCN(S(=O)(=O)c2ccc(Cl)cc2)C1. The van der Waals surface area contributed by atoms with E-state index in [1.54, 1.807) is 12.1 Å². The molecule has 2 aromatic rings. The first-order chi connectivity index (χ1) is 15.0. The molecular formula is C24H29ClN2O4S. The smallest absolute Gasteiger partial charge is 0.243 e. The van der Waals surface area contributed by atoms with Crippen LogP contribution in [-0.2, 0) is 14.8 Å². The molecule has 2 heterocycles. The van der Waals surface area contributed by atoms with Crippen molar-refractivity contribution in [3.05, 3.63) is 58.6 Å². The Morgan fingerprint density at radius 2 is 1.91 bits per heavy atom. The summed E-state index contributed by atoms with van der Waals surface area (Å²) in [5.41, 5.74) is 1.65. The highest BCUT2D eigenvalue weighted by Crippen LogP contribution is 2.40. The van der Waals surface area contributed by atoms with E-state index in [4.69, 9.17) is 16.3 Å². The quantitative estimate of drug-likeness (QED) is 0.706. The van der Waals surface area contributed by atoms with Crippen LogP contribution < -0.4 is 10.1 Å². The fraction of sp³-hybridized carbons (Fsp3) is 0.458. The Hall–Kier alpha value is -2.09. The van der Waals surface area contributed by atoms with E-state index in [-0.39, 0.29) is 23.4 Å². The number of amides is 1. The summed E-state index contributed by atoms with van der Waals surface area (Å²) in [7, 11) is -3.68. The summed E-state index contributed by atoms with van der Waals surface area (Å²) in [5, 5.41) is 3.66. The average molecular weight is 477 g/mol. The lowest BCUT2D eigenvalue weighted by Crippen LogP contribution is -2.48. The Morgan fingerprint density at radius 1 is 1.19 bits per heavy atom. The van der Waals surface area contributed by atoms with Gasteiger partial charge in [-0.1, -0.05) is 23.7 Å². The Bertz CT molecular complexity index is 1120. The van der Waals surface area contributed by atoms with Crippen molar-refractivity contribution in [1.29, 1.82) is 0 Å². The molecule has 4 rings (SSSR count). The number of benzene rings is 2. The number of fused-ring (bicyclic) bond motifs is 1. The molecule has 0 unspecified atom stereocenters. The van der Waals surface area contributed by atoms with Gasteiger partial charge in [-0.2, -0.15) is 4.31 Å². The van der Waals surface area contributed by atoms with Crippen LogP contribution in [0.2, 0.25) is 5.02 Å². The zero-order valence-electron chi connectivity index (χ0n) is 18.6. The minimum absolute atomic E-state index is 0.116. The van der Waals surface area contributed by atoms with Gasteiger partial charge in [-0.05, 0) is 69.5 Å². The molecule has 2 aliphatic rings. The van der Waals surface area contributed by atoms with Crippen LogP contribution in [-0.4, -0.2) is 37.3 Å². The fourth-order valence-electron chi connectivity index (χ4n) is 4.51. The largest absolute Gasteiger partial charge is 0.487 e. The van der Waals surface area contributed by atoms with E-state index >= 15 is 0 Å². The summed E-state index contributed by atoms with van der Waals surface area (Å²) in [4.78, 5) is 13.4. The van der Waals surface area contributed by atoms with Crippen molar-refractivity contribution in [3.63, 3.8) is 0 Å². The highest BCUT2D eigenvalue weighted by atomic mass is 35.5. The average Bonchev–Trinajstić information content (AvgIpc) is 2.73. The lowest BCUT2D eigenvalue weighted by atomic mass is 9.88. The van der Waals surface area contributed by atoms with Crippen LogP contribution in [0, 0.1) is 12.8 Å². The van der Waals surface area contributed by atoms with Crippen molar-refractivity contribution < 1.29 is 17.9 Å². The predicted molar refractivity (Wildman–Crippen MR) is 124 cm³/mol. The molecule has 1 N–H and O–H groups in total. The van der Waals surface area contributed by atoms with Crippen LogP contribution in [0.3, 0.4) is 0 Å². The third-order valence-corrected chi connectivity index (χ3v) is 8.28. The second kappa shape index (κ2) is 8.69. The number of nitrogens with one attached hydrogen (secondary N) is 1. The van der Waals surface area contributed by atoms with Crippen LogP contribution in [0.4, 0.5) is 0 Å². The molecule has 2 aliphatic heterocycles. The van der Waals surface area contributed by atoms with Gasteiger partial charge in [0, 0.05) is 30.1 Å².